The second-order valence-electron chi connectivity index (χ2n) is 11.8. The third-order valence-corrected chi connectivity index (χ3v) is 9.30. The lowest BCUT2D eigenvalue weighted by Crippen LogP contribution is -2.44. The number of hydrogen-bond donors (Lipinski definition) is 1. The fourth-order valence-corrected chi connectivity index (χ4v) is 6.91. The largest absolute Gasteiger partial charge is 0.478 e. The van der Waals surface area contributed by atoms with Crippen molar-refractivity contribution in [1.82, 2.24) is 0 Å². The zero-order valence-electron chi connectivity index (χ0n) is 21.8. The van der Waals surface area contributed by atoms with Crippen LogP contribution in [0.1, 0.15) is 87.0 Å². The van der Waals surface area contributed by atoms with Crippen LogP contribution in [0.15, 0.2) is 47.1 Å². The first-order chi connectivity index (χ1) is 15.4. The minimum absolute atomic E-state index is 0.0833. The molecular formula is C30H44O3. The van der Waals surface area contributed by atoms with Crippen molar-refractivity contribution in [2.24, 2.45) is 40.4 Å². The van der Waals surface area contributed by atoms with Crippen molar-refractivity contribution in [2.45, 2.75) is 87.0 Å². The van der Waals surface area contributed by atoms with Crippen molar-refractivity contribution in [2.75, 3.05) is 0 Å². The molecule has 182 valence electrons. The number of ketones is 1. The van der Waals surface area contributed by atoms with E-state index in [1.807, 2.05) is 12.2 Å². The van der Waals surface area contributed by atoms with E-state index in [1.165, 1.54) is 24.8 Å². The summed E-state index contributed by atoms with van der Waals surface area (Å²) in [6, 6.07) is 0. The molecule has 1 saturated carbocycles. The fraction of sp³-hybridized carbons (Fsp3) is 0.667. The molecule has 33 heavy (non-hydrogen) atoms. The molecule has 1 N–H and O–H groups in total. The summed E-state index contributed by atoms with van der Waals surface area (Å²) in [4.78, 5) is 23.8. The van der Waals surface area contributed by atoms with Gasteiger partial charge in [0.05, 0.1) is 0 Å². The maximum absolute atomic E-state index is 12.7. The van der Waals surface area contributed by atoms with Gasteiger partial charge in [-0.25, -0.2) is 4.79 Å². The standard InChI is InChI=1S/C30H44O3/c1-19(9-8-10-22(4)28(32)33)23-13-11-21(3)24-14-16-26-29(5,6)27(31)17-18-30(26,7)25(24)15-12-20(23)2/h10,14,16-21,23,25H,8-9,11-13,15H2,1-7H3,(H,32,33)/b22-10-/t19-,20?,21?,23-,25?,30-/m1/s1. The Balaban J connectivity index is 1.81. The van der Waals surface area contributed by atoms with E-state index >= 15 is 0 Å². The maximum Gasteiger partial charge on any atom is 0.330 e. The van der Waals surface area contributed by atoms with Gasteiger partial charge in [0.1, 0.15) is 0 Å². The molecule has 0 aromatic heterocycles. The Morgan fingerprint density at radius 2 is 1.85 bits per heavy atom. The number of carbonyl (C=O) groups excluding carboxylic acids is 1. The SMILES string of the molecule is C/C(=C/CC[C@@H](C)[C@H]1CCC(C)C2=CC=C3C(C)(C)C(=O)C=C[C@]3(C)C2CCC1C)C(=O)O. The van der Waals surface area contributed by atoms with Crippen LogP contribution in [0, 0.1) is 40.4 Å². The highest BCUT2D eigenvalue weighted by Gasteiger charge is 2.50. The molecule has 0 aromatic carbocycles. The van der Waals surface area contributed by atoms with Gasteiger partial charge in [-0.3, -0.25) is 4.79 Å². The topological polar surface area (TPSA) is 54.4 Å². The number of allylic oxidation sites excluding steroid dienone is 7. The Bertz CT molecular complexity index is 900. The highest BCUT2D eigenvalue weighted by Crippen LogP contribution is 2.57. The van der Waals surface area contributed by atoms with Gasteiger partial charge in [-0.2, -0.15) is 0 Å². The predicted molar refractivity (Wildman–Crippen MR) is 136 cm³/mol. The van der Waals surface area contributed by atoms with Crippen molar-refractivity contribution < 1.29 is 14.7 Å². The van der Waals surface area contributed by atoms with Crippen LogP contribution in [0.5, 0.6) is 0 Å². The van der Waals surface area contributed by atoms with Crippen molar-refractivity contribution in [3.8, 4) is 0 Å². The molecule has 6 atom stereocenters. The van der Waals surface area contributed by atoms with Gasteiger partial charge in [0, 0.05) is 16.4 Å². The van der Waals surface area contributed by atoms with Gasteiger partial charge in [-0.15, -0.1) is 0 Å². The molecular weight excluding hydrogens is 408 g/mol. The van der Waals surface area contributed by atoms with Crippen LogP contribution in [-0.4, -0.2) is 16.9 Å². The number of hydrogen-bond acceptors (Lipinski definition) is 2. The fourth-order valence-electron chi connectivity index (χ4n) is 6.91. The molecule has 0 bridgehead atoms. The number of carboxylic acids is 1. The molecule has 3 nitrogen and oxygen atoms in total. The highest BCUT2D eigenvalue weighted by atomic mass is 16.4. The lowest BCUT2D eigenvalue weighted by molar-refractivity contribution is -0.132. The van der Waals surface area contributed by atoms with E-state index in [0.29, 0.717) is 35.2 Å². The molecule has 0 aliphatic heterocycles. The van der Waals surface area contributed by atoms with Crippen molar-refractivity contribution in [1.29, 1.82) is 0 Å². The van der Waals surface area contributed by atoms with Gasteiger partial charge in [0.25, 0.3) is 0 Å². The molecule has 3 unspecified atom stereocenters. The third-order valence-electron chi connectivity index (χ3n) is 9.30. The lowest BCUT2D eigenvalue weighted by Gasteiger charge is -2.49. The van der Waals surface area contributed by atoms with Gasteiger partial charge >= 0.3 is 5.97 Å². The molecule has 1 fully saturated rings. The van der Waals surface area contributed by atoms with E-state index in [1.54, 1.807) is 12.5 Å². The summed E-state index contributed by atoms with van der Waals surface area (Å²) in [6.45, 7) is 15.4. The molecule has 0 amide bonds. The van der Waals surface area contributed by atoms with Crippen molar-refractivity contribution >= 4 is 11.8 Å². The first kappa shape index (κ1) is 25.7. The minimum Gasteiger partial charge on any atom is -0.478 e. The maximum atomic E-state index is 12.7. The van der Waals surface area contributed by atoms with Crippen LogP contribution in [0.4, 0.5) is 0 Å². The quantitative estimate of drug-likeness (QED) is 0.438. The Morgan fingerprint density at radius 1 is 1.15 bits per heavy atom. The Kier molecular flexibility index (Phi) is 7.61. The second-order valence-corrected chi connectivity index (χ2v) is 11.8. The number of fused-ring (bicyclic) bond motifs is 3. The molecule has 0 heterocycles. The smallest absolute Gasteiger partial charge is 0.330 e. The van der Waals surface area contributed by atoms with Gasteiger partial charge in [-0.1, -0.05) is 57.6 Å². The summed E-state index contributed by atoms with van der Waals surface area (Å²) < 4.78 is 0. The Labute approximate surface area is 201 Å². The molecule has 0 saturated heterocycles. The molecule has 3 heteroatoms. The normalized spacial score (nSPS) is 35.2. The van der Waals surface area contributed by atoms with Crippen molar-refractivity contribution in [3.63, 3.8) is 0 Å². The number of carboxylic acid groups (broad SMARTS) is 1. The summed E-state index contributed by atoms with van der Waals surface area (Å²) in [6.07, 6.45) is 17.2. The van der Waals surface area contributed by atoms with Gasteiger partial charge < -0.3 is 5.11 Å². The van der Waals surface area contributed by atoms with Crippen LogP contribution in [-0.2, 0) is 9.59 Å². The summed E-state index contributed by atoms with van der Waals surface area (Å²) >= 11 is 0. The van der Waals surface area contributed by atoms with Gasteiger partial charge in [-0.05, 0) is 101 Å². The number of aliphatic carboxylic acids is 1. The molecule has 3 rings (SSSR count). The summed E-state index contributed by atoms with van der Waals surface area (Å²) in [5.74, 6) is 2.26. The summed E-state index contributed by atoms with van der Waals surface area (Å²) in [5, 5.41) is 9.12. The molecule has 0 aromatic rings. The van der Waals surface area contributed by atoms with E-state index in [2.05, 4.69) is 59.8 Å². The van der Waals surface area contributed by atoms with Crippen molar-refractivity contribution in [3.05, 3.63) is 47.1 Å². The Hall–Kier alpha value is -1.90. The number of rotatable bonds is 5. The zero-order chi connectivity index (χ0) is 24.6. The molecule has 3 aliphatic rings. The monoisotopic (exact) mass is 452 g/mol. The van der Waals surface area contributed by atoms with E-state index in [4.69, 9.17) is 5.11 Å². The van der Waals surface area contributed by atoms with Crippen LogP contribution in [0.25, 0.3) is 0 Å². The average molecular weight is 453 g/mol. The first-order valence-electron chi connectivity index (χ1n) is 13.0. The predicted octanol–water partition coefficient (Wildman–Crippen LogP) is 7.55. The molecule has 0 radical (unpaired) electrons. The summed E-state index contributed by atoms with van der Waals surface area (Å²) in [7, 11) is 0. The van der Waals surface area contributed by atoms with Crippen LogP contribution >= 0.6 is 0 Å². The lowest BCUT2D eigenvalue weighted by atomic mass is 9.53. The van der Waals surface area contributed by atoms with Crippen LogP contribution in [0.2, 0.25) is 0 Å². The second kappa shape index (κ2) is 9.76. The van der Waals surface area contributed by atoms with E-state index < -0.39 is 11.4 Å². The van der Waals surface area contributed by atoms with Crippen LogP contribution in [0.3, 0.4) is 0 Å². The van der Waals surface area contributed by atoms with E-state index in [9.17, 15) is 9.59 Å². The molecule has 3 aliphatic carbocycles. The third kappa shape index (κ3) is 4.98. The summed E-state index contributed by atoms with van der Waals surface area (Å²) in [5.41, 5.74) is 2.78. The van der Waals surface area contributed by atoms with E-state index in [0.717, 1.165) is 19.3 Å². The zero-order valence-corrected chi connectivity index (χ0v) is 21.8. The molecule has 0 spiro atoms. The highest BCUT2D eigenvalue weighted by molar-refractivity contribution is 5.98. The first-order valence-corrected chi connectivity index (χ1v) is 13.0. The minimum atomic E-state index is -0.814. The number of carbonyl (C=O) groups is 2. The van der Waals surface area contributed by atoms with Gasteiger partial charge in [0.2, 0.25) is 0 Å². The average Bonchev–Trinajstić information content (AvgIpc) is 2.80. The van der Waals surface area contributed by atoms with Crippen LogP contribution < -0.4 is 0 Å². The van der Waals surface area contributed by atoms with E-state index in [-0.39, 0.29) is 11.2 Å². The van der Waals surface area contributed by atoms with Gasteiger partial charge in [0.15, 0.2) is 5.78 Å². The Morgan fingerprint density at radius 3 is 2.52 bits per heavy atom.